The van der Waals surface area contributed by atoms with Crippen molar-refractivity contribution in [1.82, 2.24) is 0 Å². The minimum absolute atomic E-state index is 0.0317. The van der Waals surface area contributed by atoms with Crippen molar-refractivity contribution in [3.05, 3.63) is 0 Å². The molecule has 304 valence electrons. The molecule has 2 nitrogen and oxygen atoms in total. The number of hydrogen-bond acceptors (Lipinski definition) is 2. The normalized spacial score (nSPS) is 11.9. The predicted octanol–water partition coefficient (Wildman–Crippen LogP) is 17.2. The van der Waals surface area contributed by atoms with Gasteiger partial charge in [-0.25, -0.2) is 0 Å². The molecule has 2 N–H and O–H groups in total. The second kappa shape index (κ2) is 51.0. The minimum atomic E-state index is -0.0317. The Morgan fingerprint density at radius 2 is 0.420 bits per heavy atom. The summed E-state index contributed by atoms with van der Waals surface area (Å²) >= 11 is 0. The molecule has 0 fully saturated rings. The van der Waals surface area contributed by atoms with E-state index in [1.54, 1.807) is 0 Å². The van der Waals surface area contributed by atoms with Gasteiger partial charge in [0, 0.05) is 6.61 Å². The van der Waals surface area contributed by atoms with Gasteiger partial charge in [-0.15, -0.1) is 0 Å². The van der Waals surface area contributed by atoms with Crippen molar-refractivity contribution in [2.45, 2.75) is 303 Å². The van der Waals surface area contributed by atoms with E-state index >= 15 is 0 Å². The van der Waals surface area contributed by atoms with Crippen molar-refractivity contribution in [1.29, 1.82) is 0 Å². The fourth-order valence-electron chi connectivity index (χ4n) is 7.41. The molecule has 0 aromatic rings. The maximum Gasteiger partial charge on any atom is 0.0540 e. The summed E-state index contributed by atoms with van der Waals surface area (Å²) in [5.41, 5.74) is 0. The van der Waals surface area contributed by atoms with Crippen LogP contribution in [0, 0.1) is 0 Å². The fourth-order valence-corrected chi connectivity index (χ4v) is 7.41. The van der Waals surface area contributed by atoms with E-state index < -0.39 is 0 Å². The molecule has 0 aromatic carbocycles. The molecule has 0 radical (unpaired) electrons. The van der Waals surface area contributed by atoms with Crippen LogP contribution in [-0.2, 0) is 0 Å². The number of hydrogen-bond donors (Lipinski definition) is 2. The molecule has 1 unspecified atom stereocenters. The summed E-state index contributed by atoms with van der Waals surface area (Å²) in [5, 5.41) is 18.5. The van der Waals surface area contributed by atoms with Gasteiger partial charge in [-0.1, -0.05) is 278 Å². The van der Waals surface area contributed by atoms with E-state index in [9.17, 15) is 5.11 Å². The lowest BCUT2D eigenvalue weighted by Gasteiger charge is -2.09. The first-order chi connectivity index (χ1) is 24.7. The highest BCUT2D eigenvalue weighted by atomic mass is 16.3. The third-order valence-corrected chi connectivity index (χ3v) is 11.0. The topological polar surface area (TPSA) is 40.5 Å². The smallest absolute Gasteiger partial charge is 0.0540 e. The van der Waals surface area contributed by atoms with Crippen LogP contribution >= 0.6 is 0 Å². The van der Waals surface area contributed by atoms with Crippen LogP contribution in [0.4, 0.5) is 0 Å². The lowest BCUT2D eigenvalue weighted by atomic mass is 10.0. The Morgan fingerprint density at radius 1 is 0.240 bits per heavy atom. The minimum Gasteiger partial charge on any atom is -0.396 e. The summed E-state index contributed by atoms with van der Waals surface area (Å²) in [6.07, 6.45) is 59.6. The maximum atomic E-state index is 9.82. The molecule has 0 spiro atoms. The zero-order valence-corrected chi connectivity index (χ0v) is 35.6. The van der Waals surface area contributed by atoms with E-state index in [0.717, 1.165) is 19.3 Å². The van der Waals surface area contributed by atoms with Crippen LogP contribution in [0.3, 0.4) is 0 Å². The average molecular weight is 709 g/mol. The SMILES string of the molecule is CCCCCCCCCCCCCCCCCCCCCC(O)CCCC.CCCCCCCCCCCCCCCCCCCCCCO. The van der Waals surface area contributed by atoms with Crippen molar-refractivity contribution in [3.63, 3.8) is 0 Å². The largest absolute Gasteiger partial charge is 0.396 e. The predicted molar refractivity (Wildman–Crippen MR) is 229 cm³/mol. The van der Waals surface area contributed by atoms with Crippen LogP contribution in [0.2, 0.25) is 0 Å². The Balaban J connectivity index is 0. The molecule has 0 aromatic heterocycles. The number of rotatable bonds is 43. The second-order valence-corrected chi connectivity index (χ2v) is 16.4. The fraction of sp³-hybridized carbons (Fsp3) is 1.00. The second-order valence-electron chi connectivity index (χ2n) is 16.4. The Morgan fingerprint density at radius 3 is 0.640 bits per heavy atom. The van der Waals surface area contributed by atoms with Gasteiger partial charge in [-0.05, 0) is 19.3 Å². The summed E-state index contributed by atoms with van der Waals surface area (Å²) in [6, 6.07) is 0. The molecule has 1 atom stereocenters. The molecule has 0 aliphatic rings. The molecule has 50 heavy (non-hydrogen) atoms. The first-order valence-electron chi connectivity index (χ1n) is 24.0. The standard InChI is InChI=1S/C26H54O.C22H46O/c1-3-5-7-8-9-10-11-12-13-14-15-16-17-18-19-20-21-22-23-25-26(27)24-6-4-2;1-2-3-4-5-6-7-8-9-10-11-12-13-14-15-16-17-18-19-20-21-22-23/h26-27H,3-25H2,1-2H3;23H,2-22H2,1H3. The van der Waals surface area contributed by atoms with Gasteiger partial charge in [0.15, 0.2) is 0 Å². The van der Waals surface area contributed by atoms with Gasteiger partial charge in [0.1, 0.15) is 0 Å². The first kappa shape index (κ1) is 52.0. The highest BCUT2D eigenvalue weighted by molar-refractivity contribution is 4.57. The van der Waals surface area contributed by atoms with Gasteiger partial charge in [-0.2, -0.15) is 0 Å². The van der Waals surface area contributed by atoms with Gasteiger partial charge in [0.25, 0.3) is 0 Å². The number of aliphatic hydroxyl groups excluding tert-OH is 2. The van der Waals surface area contributed by atoms with Crippen molar-refractivity contribution in [2.75, 3.05) is 6.61 Å². The van der Waals surface area contributed by atoms with Gasteiger partial charge < -0.3 is 10.2 Å². The average Bonchev–Trinajstić information content (AvgIpc) is 3.13. The third kappa shape index (κ3) is 52.3. The van der Waals surface area contributed by atoms with E-state index in [-0.39, 0.29) is 6.10 Å². The van der Waals surface area contributed by atoms with Crippen LogP contribution < -0.4 is 0 Å². The summed E-state index contributed by atoms with van der Waals surface area (Å²) < 4.78 is 0. The molecule has 0 saturated heterocycles. The lowest BCUT2D eigenvalue weighted by Crippen LogP contribution is -2.05. The van der Waals surface area contributed by atoms with Crippen molar-refractivity contribution in [3.8, 4) is 0 Å². The summed E-state index contributed by atoms with van der Waals surface area (Å²) in [5.74, 6) is 0. The number of aliphatic hydroxyl groups is 2. The Hall–Kier alpha value is -0.0800. The molecule has 0 saturated carbocycles. The third-order valence-electron chi connectivity index (χ3n) is 11.0. The van der Waals surface area contributed by atoms with Gasteiger partial charge in [0.05, 0.1) is 6.10 Å². The van der Waals surface area contributed by atoms with Crippen LogP contribution in [0.5, 0.6) is 0 Å². The van der Waals surface area contributed by atoms with E-state index in [4.69, 9.17) is 5.11 Å². The Bertz CT molecular complexity index is 514. The summed E-state index contributed by atoms with van der Waals surface area (Å²) in [6.45, 7) is 7.16. The monoisotopic (exact) mass is 709 g/mol. The summed E-state index contributed by atoms with van der Waals surface area (Å²) in [4.78, 5) is 0. The van der Waals surface area contributed by atoms with Gasteiger partial charge in [0.2, 0.25) is 0 Å². The van der Waals surface area contributed by atoms with E-state index in [2.05, 4.69) is 20.8 Å². The van der Waals surface area contributed by atoms with E-state index in [1.807, 2.05) is 0 Å². The zero-order chi connectivity index (χ0) is 36.7. The first-order valence-corrected chi connectivity index (χ1v) is 24.0. The molecule has 0 heterocycles. The van der Waals surface area contributed by atoms with Crippen LogP contribution in [-0.4, -0.2) is 22.9 Å². The van der Waals surface area contributed by atoms with Crippen molar-refractivity contribution < 1.29 is 10.2 Å². The van der Waals surface area contributed by atoms with Crippen molar-refractivity contribution >= 4 is 0 Å². The molecule has 0 rings (SSSR count). The quantitative estimate of drug-likeness (QED) is 0.0619. The van der Waals surface area contributed by atoms with Crippen LogP contribution in [0.15, 0.2) is 0 Å². The highest BCUT2D eigenvalue weighted by Gasteiger charge is 2.03. The van der Waals surface area contributed by atoms with Crippen molar-refractivity contribution in [2.24, 2.45) is 0 Å². The Labute approximate surface area is 318 Å². The summed E-state index contributed by atoms with van der Waals surface area (Å²) in [7, 11) is 0. The van der Waals surface area contributed by atoms with Gasteiger partial charge in [-0.3, -0.25) is 0 Å². The molecule has 0 amide bonds. The molecule has 0 aliphatic heterocycles. The van der Waals surface area contributed by atoms with E-state index in [0.29, 0.717) is 6.61 Å². The van der Waals surface area contributed by atoms with Crippen LogP contribution in [0.1, 0.15) is 297 Å². The maximum absolute atomic E-state index is 9.82. The Kier molecular flexibility index (Phi) is 53.1. The molecular formula is C48H100O2. The van der Waals surface area contributed by atoms with Crippen LogP contribution in [0.25, 0.3) is 0 Å². The molecular weight excluding hydrogens is 609 g/mol. The number of unbranched alkanes of at least 4 members (excludes halogenated alkanes) is 38. The lowest BCUT2D eigenvalue weighted by molar-refractivity contribution is 0.148. The molecule has 2 heteroatoms. The van der Waals surface area contributed by atoms with E-state index in [1.165, 1.54) is 257 Å². The highest BCUT2D eigenvalue weighted by Crippen LogP contribution is 2.17. The van der Waals surface area contributed by atoms with Gasteiger partial charge >= 0.3 is 0 Å². The molecule has 0 bridgehead atoms. The zero-order valence-electron chi connectivity index (χ0n) is 35.6. The molecule has 0 aliphatic carbocycles.